The maximum atomic E-state index is 3.67. The average molecular weight is 217 g/mol. The predicted molar refractivity (Wildman–Crippen MR) is 70.8 cm³/mol. The number of hydrogen-bond donors (Lipinski definition) is 1. The Labute approximate surface area is 99.3 Å². The Morgan fingerprint density at radius 2 is 1.94 bits per heavy atom. The van der Waals surface area contributed by atoms with E-state index in [4.69, 9.17) is 0 Å². The molecule has 1 aromatic carbocycles. The molecule has 0 aromatic heterocycles. The largest absolute Gasteiger partial charge is 0.382 e. The molecule has 1 nitrogen and oxygen atoms in total. The molecule has 1 fully saturated rings. The number of hydrogen-bond acceptors (Lipinski definition) is 1. The third-order valence-electron chi connectivity index (χ3n) is 3.99. The van der Waals surface area contributed by atoms with Gasteiger partial charge in [-0.3, -0.25) is 0 Å². The summed E-state index contributed by atoms with van der Waals surface area (Å²) in [7, 11) is 0. The topological polar surface area (TPSA) is 12.0 Å². The zero-order chi connectivity index (χ0) is 11.5. The van der Waals surface area contributed by atoms with E-state index in [0.717, 1.165) is 11.8 Å². The normalized spacial score (nSPS) is 30.1. The number of rotatable bonds is 2. The minimum absolute atomic E-state index is 0.674. The van der Waals surface area contributed by atoms with E-state index in [1.54, 1.807) is 0 Å². The molecule has 2 rings (SSSR count). The van der Waals surface area contributed by atoms with Crippen LogP contribution in [0.5, 0.6) is 0 Å². The first kappa shape index (κ1) is 11.5. The summed E-state index contributed by atoms with van der Waals surface area (Å²) in [4.78, 5) is 0. The third-order valence-corrected chi connectivity index (χ3v) is 3.99. The van der Waals surface area contributed by atoms with Crippen molar-refractivity contribution < 1.29 is 0 Å². The molecular weight excluding hydrogens is 194 g/mol. The Kier molecular flexibility index (Phi) is 3.52. The van der Waals surface area contributed by atoms with E-state index >= 15 is 0 Å². The Bertz CT molecular complexity index is 345. The summed E-state index contributed by atoms with van der Waals surface area (Å²) in [5, 5.41) is 3.67. The van der Waals surface area contributed by atoms with E-state index in [-0.39, 0.29) is 0 Å². The fraction of sp³-hybridized carbons (Fsp3) is 0.600. The first-order valence-electron chi connectivity index (χ1n) is 6.48. The van der Waals surface area contributed by atoms with E-state index < -0.39 is 0 Å². The molecule has 1 aliphatic carbocycles. The van der Waals surface area contributed by atoms with Crippen LogP contribution in [0.3, 0.4) is 0 Å². The van der Waals surface area contributed by atoms with Gasteiger partial charge in [0.25, 0.3) is 0 Å². The highest BCUT2D eigenvalue weighted by atomic mass is 14.9. The highest BCUT2D eigenvalue weighted by molar-refractivity contribution is 5.46. The van der Waals surface area contributed by atoms with Crippen molar-refractivity contribution >= 4 is 5.69 Å². The Balaban J connectivity index is 1.95. The van der Waals surface area contributed by atoms with E-state index in [1.165, 1.54) is 30.5 Å². The smallest absolute Gasteiger partial charge is 0.0344 e. The maximum absolute atomic E-state index is 3.67. The maximum Gasteiger partial charge on any atom is 0.0344 e. The quantitative estimate of drug-likeness (QED) is 0.781. The third kappa shape index (κ3) is 2.78. The molecule has 0 amide bonds. The van der Waals surface area contributed by atoms with Crippen LogP contribution in [0.4, 0.5) is 5.69 Å². The molecule has 0 spiro atoms. The number of benzene rings is 1. The van der Waals surface area contributed by atoms with Gasteiger partial charge in [0.2, 0.25) is 0 Å². The molecule has 88 valence electrons. The highest BCUT2D eigenvalue weighted by Gasteiger charge is 2.24. The second kappa shape index (κ2) is 4.90. The van der Waals surface area contributed by atoms with E-state index in [0.29, 0.717) is 6.04 Å². The zero-order valence-corrected chi connectivity index (χ0v) is 10.7. The Hall–Kier alpha value is -0.980. The van der Waals surface area contributed by atoms with Crippen molar-refractivity contribution in [2.45, 2.75) is 46.1 Å². The fourth-order valence-electron chi connectivity index (χ4n) is 2.65. The summed E-state index contributed by atoms with van der Waals surface area (Å²) in [6.07, 6.45) is 4.00. The van der Waals surface area contributed by atoms with Crippen LogP contribution in [0, 0.1) is 18.8 Å². The van der Waals surface area contributed by atoms with Gasteiger partial charge in [-0.15, -0.1) is 0 Å². The van der Waals surface area contributed by atoms with Crippen molar-refractivity contribution in [2.75, 3.05) is 5.32 Å². The first-order valence-corrected chi connectivity index (χ1v) is 6.48. The van der Waals surface area contributed by atoms with Crippen molar-refractivity contribution in [1.29, 1.82) is 0 Å². The zero-order valence-electron chi connectivity index (χ0n) is 10.7. The van der Waals surface area contributed by atoms with Crippen molar-refractivity contribution in [1.82, 2.24) is 0 Å². The van der Waals surface area contributed by atoms with E-state index in [1.807, 2.05) is 0 Å². The van der Waals surface area contributed by atoms with Crippen molar-refractivity contribution in [3.63, 3.8) is 0 Å². The van der Waals surface area contributed by atoms with Gasteiger partial charge < -0.3 is 5.32 Å². The second-order valence-electron chi connectivity index (χ2n) is 5.48. The van der Waals surface area contributed by atoms with Gasteiger partial charge in [0, 0.05) is 11.7 Å². The summed E-state index contributed by atoms with van der Waals surface area (Å²) in [5.41, 5.74) is 2.62. The molecule has 1 N–H and O–H groups in total. The van der Waals surface area contributed by atoms with Gasteiger partial charge in [-0.05, 0) is 55.7 Å². The van der Waals surface area contributed by atoms with Gasteiger partial charge in [0.1, 0.15) is 0 Å². The van der Waals surface area contributed by atoms with Crippen LogP contribution in [-0.2, 0) is 0 Å². The SMILES string of the molecule is Cc1cccc(NC2CCC(C)C(C)C2)c1. The molecule has 3 atom stereocenters. The van der Waals surface area contributed by atoms with Crippen LogP contribution in [0.15, 0.2) is 24.3 Å². The van der Waals surface area contributed by atoms with Crippen molar-refractivity contribution in [3.8, 4) is 0 Å². The fourth-order valence-corrected chi connectivity index (χ4v) is 2.65. The summed E-state index contributed by atoms with van der Waals surface area (Å²) >= 11 is 0. The van der Waals surface area contributed by atoms with Crippen LogP contribution in [0.25, 0.3) is 0 Å². The second-order valence-corrected chi connectivity index (χ2v) is 5.48. The van der Waals surface area contributed by atoms with Gasteiger partial charge in [-0.2, -0.15) is 0 Å². The lowest BCUT2D eigenvalue weighted by molar-refractivity contribution is 0.261. The Morgan fingerprint density at radius 1 is 1.12 bits per heavy atom. The van der Waals surface area contributed by atoms with Gasteiger partial charge in [-0.1, -0.05) is 26.0 Å². The summed E-state index contributed by atoms with van der Waals surface area (Å²) in [6.45, 7) is 6.92. The molecule has 0 saturated heterocycles. The Morgan fingerprint density at radius 3 is 2.62 bits per heavy atom. The van der Waals surface area contributed by atoms with Crippen molar-refractivity contribution in [3.05, 3.63) is 29.8 Å². The van der Waals surface area contributed by atoms with E-state index in [2.05, 4.69) is 50.4 Å². The average Bonchev–Trinajstić information content (AvgIpc) is 2.24. The van der Waals surface area contributed by atoms with Crippen LogP contribution >= 0.6 is 0 Å². The molecular formula is C15H23N. The lowest BCUT2D eigenvalue weighted by atomic mass is 9.79. The summed E-state index contributed by atoms with van der Waals surface area (Å²) in [5.74, 6) is 1.76. The predicted octanol–water partition coefficient (Wildman–Crippen LogP) is 4.23. The first-order chi connectivity index (χ1) is 7.65. The molecule has 1 aliphatic rings. The van der Waals surface area contributed by atoms with Gasteiger partial charge in [0.15, 0.2) is 0 Å². The molecule has 1 saturated carbocycles. The highest BCUT2D eigenvalue weighted by Crippen LogP contribution is 2.31. The van der Waals surface area contributed by atoms with Gasteiger partial charge in [-0.25, -0.2) is 0 Å². The number of aryl methyl sites for hydroxylation is 1. The molecule has 3 unspecified atom stereocenters. The summed E-state index contributed by atoms with van der Waals surface area (Å²) in [6, 6.07) is 9.37. The summed E-state index contributed by atoms with van der Waals surface area (Å²) < 4.78 is 0. The minimum Gasteiger partial charge on any atom is -0.382 e. The number of anilines is 1. The van der Waals surface area contributed by atoms with Crippen LogP contribution in [0.2, 0.25) is 0 Å². The van der Waals surface area contributed by atoms with Crippen LogP contribution in [0.1, 0.15) is 38.7 Å². The minimum atomic E-state index is 0.674. The molecule has 16 heavy (non-hydrogen) atoms. The molecule has 1 aromatic rings. The molecule has 0 aliphatic heterocycles. The van der Waals surface area contributed by atoms with Gasteiger partial charge >= 0.3 is 0 Å². The lowest BCUT2D eigenvalue weighted by Crippen LogP contribution is -2.30. The van der Waals surface area contributed by atoms with Gasteiger partial charge in [0.05, 0.1) is 0 Å². The standard InChI is InChI=1S/C15H23N/c1-11-5-4-6-14(9-11)16-15-8-7-12(2)13(3)10-15/h4-6,9,12-13,15-16H,7-8,10H2,1-3H3. The lowest BCUT2D eigenvalue weighted by Gasteiger charge is -2.33. The molecule has 0 radical (unpaired) electrons. The van der Waals surface area contributed by atoms with Crippen molar-refractivity contribution in [2.24, 2.45) is 11.8 Å². The molecule has 1 heteroatoms. The van der Waals surface area contributed by atoms with Crippen LogP contribution in [-0.4, -0.2) is 6.04 Å². The number of nitrogens with one attached hydrogen (secondary N) is 1. The monoisotopic (exact) mass is 217 g/mol. The van der Waals surface area contributed by atoms with Crippen LogP contribution < -0.4 is 5.32 Å². The molecule has 0 heterocycles. The van der Waals surface area contributed by atoms with E-state index in [9.17, 15) is 0 Å². The molecule has 0 bridgehead atoms.